The third-order valence-corrected chi connectivity index (χ3v) is 4.69. The fourth-order valence-electron chi connectivity index (χ4n) is 3.23. The number of methoxy groups -OCH3 is 1. The number of fused-ring (bicyclic) bond motifs is 1. The summed E-state index contributed by atoms with van der Waals surface area (Å²) >= 11 is 0. The molecule has 0 saturated carbocycles. The number of nitrogens with one attached hydrogen (secondary N) is 1. The summed E-state index contributed by atoms with van der Waals surface area (Å²) in [5.74, 6) is 2.16. The predicted octanol–water partition coefficient (Wildman–Crippen LogP) is 3.95. The van der Waals surface area contributed by atoms with E-state index in [1.807, 2.05) is 32.2 Å². The second-order valence-electron chi connectivity index (χ2n) is 6.43. The van der Waals surface area contributed by atoms with E-state index in [4.69, 9.17) is 14.5 Å². The Labute approximate surface area is 161 Å². The number of hydrogen-bond donors (Lipinski definition) is 1. The van der Waals surface area contributed by atoms with Gasteiger partial charge in [0.2, 0.25) is 0 Å². The van der Waals surface area contributed by atoms with Crippen LogP contribution in [0.4, 0.5) is 5.69 Å². The molecule has 0 aliphatic carbocycles. The van der Waals surface area contributed by atoms with Crippen molar-refractivity contribution in [3.05, 3.63) is 66.3 Å². The first-order valence-corrected chi connectivity index (χ1v) is 9.24. The SMILES string of the molecule is C=C/C(=C\C(=C\C)OC)Oc1c(C)cnc2c(N3CCNCC3)cccc12. The average Bonchev–Trinajstić information content (AvgIpc) is 2.72. The first-order valence-electron chi connectivity index (χ1n) is 9.24. The molecule has 1 saturated heterocycles. The third kappa shape index (κ3) is 4.14. The van der Waals surface area contributed by atoms with Gasteiger partial charge in [0.25, 0.3) is 0 Å². The van der Waals surface area contributed by atoms with E-state index in [0.29, 0.717) is 5.76 Å². The Morgan fingerprint density at radius 2 is 2.04 bits per heavy atom. The van der Waals surface area contributed by atoms with Gasteiger partial charge in [-0.2, -0.15) is 0 Å². The van der Waals surface area contributed by atoms with Crippen LogP contribution < -0.4 is 15.0 Å². The molecule has 0 atom stereocenters. The number of piperazine rings is 1. The van der Waals surface area contributed by atoms with E-state index in [2.05, 4.69) is 35.0 Å². The first-order chi connectivity index (χ1) is 13.2. The number of aromatic nitrogens is 1. The maximum absolute atomic E-state index is 6.24. The molecule has 5 nitrogen and oxygen atoms in total. The summed E-state index contributed by atoms with van der Waals surface area (Å²) in [7, 11) is 1.64. The van der Waals surface area contributed by atoms with Crippen molar-refractivity contribution in [3.63, 3.8) is 0 Å². The molecule has 2 heterocycles. The van der Waals surface area contributed by atoms with E-state index in [-0.39, 0.29) is 0 Å². The molecule has 0 radical (unpaired) electrons. The van der Waals surface area contributed by atoms with Gasteiger partial charge in [-0.3, -0.25) is 4.98 Å². The zero-order valence-corrected chi connectivity index (χ0v) is 16.3. The molecule has 0 amide bonds. The number of benzene rings is 1. The van der Waals surface area contributed by atoms with Crippen LogP contribution in [0.25, 0.3) is 10.9 Å². The lowest BCUT2D eigenvalue weighted by Crippen LogP contribution is -2.43. The van der Waals surface area contributed by atoms with Gasteiger partial charge in [-0.05, 0) is 38.1 Å². The molecular formula is C22H27N3O2. The summed E-state index contributed by atoms with van der Waals surface area (Å²) in [6, 6.07) is 6.26. The van der Waals surface area contributed by atoms with Crippen LogP contribution >= 0.6 is 0 Å². The van der Waals surface area contributed by atoms with E-state index in [9.17, 15) is 0 Å². The van der Waals surface area contributed by atoms with E-state index in [1.165, 1.54) is 0 Å². The molecule has 5 heteroatoms. The minimum Gasteiger partial charge on any atom is -0.497 e. The van der Waals surface area contributed by atoms with Crippen molar-refractivity contribution in [1.29, 1.82) is 0 Å². The number of rotatable bonds is 6. The first kappa shape index (κ1) is 19.0. The van der Waals surface area contributed by atoms with Crippen LogP contribution in [-0.4, -0.2) is 38.3 Å². The Kier molecular flexibility index (Phi) is 6.14. The quantitative estimate of drug-likeness (QED) is 0.620. The number of pyridine rings is 1. The van der Waals surface area contributed by atoms with Crippen LogP contribution in [0, 0.1) is 6.92 Å². The number of anilines is 1. The fraction of sp³-hybridized carbons (Fsp3) is 0.318. The summed E-state index contributed by atoms with van der Waals surface area (Å²) < 4.78 is 11.6. The van der Waals surface area contributed by atoms with E-state index >= 15 is 0 Å². The molecule has 2 aromatic rings. The van der Waals surface area contributed by atoms with E-state index in [0.717, 1.165) is 59.8 Å². The lowest BCUT2D eigenvalue weighted by Gasteiger charge is -2.30. The Morgan fingerprint density at radius 3 is 2.70 bits per heavy atom. The van der Waals surface area contributed by atoms with Crippen LogP contribution in [-0.2, 0) is 4.74 Å². The van der Waals surface area contributed by atoms with Crippen LogP contribution in [0.5, 0.6) is 5.75 Å². The summed E-state index contributed by atoms with van der Waals surface area (Å²) in [5.41, 5.74) is 3.09. The van der Waals surface area contributed by atoms with Crippen molar-refractivity contribution in [2.45, 2.75) is 13.8 Å². The summed E-state index contributed by atoms with van der Waals surface area (Å²) in [6.07, 6.45) is 7.27. The van der Waals surface area contributed by atoms with Gasteiger partial charge in [-0.15, -0.1) is 0 Å². The van der Waals surface area contributed by atoms with Gasteiger partial charge < -0.3 is 19.7 Å². The van der Waals surface area contributed by atoms with Crippen LogP contribution in [0.15, 0.2) is 60.7 Å². The highest BCUT2D eigenvalue weighted by atomic mass is 16.5. The normalized spacial score (nSPS) is 15.7. The topological polar surface area (TPSA) is 46.6 Å². The molecule has 142 valence electrons. The second-order valence-corrected chi connectivity index (χ2v) is 6.43. The Morgan fingerprint density at radius 1 is 1.26 bits per heavy atom. The number of ether oxygens (including phenoxy) is 2. The average molecular weight is 365 g/mol. The largest absolute Gasteiger partial charge is 0.497 e. The van der Waals surface area contributed by atoms with Gasteiger partial charge in [0, 0.05) is 49.4 Å². The van der Waals surface area contributed by atoms with Gasteiger partial charge >= 0.3 is 0 Å². The zero-order valence-electron chi connectivity index (χ0n) is 16.3. The van der Waals surface area contributed by atoms with Gasteiger partial charge in [-0.1, -0.05) is 12.6 Å². The molecule has 3 rings (SSSR count). The molecule has 27 heavy (non-hydrogen) atoms. The van der Waals surface area contributed by atoms with Gasteiger partial charge in [0.05, 0.1) is 18.3 Å². The number of aryl methyl sites for hydroxylation is 1. The molecule has 1 fully saturated rings. The molecule has 1 aromatic carbocycles. The molecule has 0 bridgehead atoms. The highest BCUT2D eigenvalue weighted by Gasteiger charge is 2.17. The van der Waals surface area contributed by atoms with Crippen molar-refractivity contribution in [1.82, 2.24) is 10.3 Å². The summed E-state index contributed by atoms with van der Waals surface area (Å²) in [6.45, 7) is 11.7. The molecule has 0 unspecified atom stereocenters. The number of para-hydroxylation sites is 1. The lowest BCUT2D eigenvalue weighted by atomic mass is 10.1. The highest BCUT2D eigenvalue weighted by Crippen LogP contribution is 2.34. The van der Waals surface area contributed by atoms with Crippen LogP contribution in [0.1, 0.15) is 12.5 Å². The smallest absolute Gasteiger partial charge is 0.141 e. The molecule has 1 aromatic heterocycles. The van der Waals surface area contributed by atoms with Gasteiger partial charge in [0.1, 0.15) is 17.3 Å². The fourth-order valence-corrected chi connectivity index (χ4v) is 3.23. The zero-order chi connectivity index (χ0) is 19.2. The summed E-state index contributed by atoms with van der Waals surface area (Å²) in [5, 5.41) is 4.39. The maximum atomic E-state index is 6.24. The Balaban J connectivity index is 2.05. The standard InChI is InChI=1S/C22H27N3O2/c1-5-17(26-4)14-18(6-2)27-22-16(3)15-24-21-19(22)8-7-9-20(21)25-12-10-23-11-13-25/h5-9,14-15,23H,2,10-13H2,1,3-4H3/b17-5-,18-14+. The molecule has 1 aliphatic rings. The van der Waals surface area contributed by atoms with Crippen molar-refractivity contribution in [2.75, 3.05) is 38.2 Å². The van der Waals surface area contributed by atoms with Crippen molar-refractivity contribution >= 4 is 16.6 Å². The van der Waals surface area contributed by atoms with E-state index in [1.54, 1.807) is 13.2 Å². The Hall–Kier alpha value is -2.79. The van der Waals surface area contributed by atoms with Crippen LogP contribution in [0.3, 0.4) is 0 Å². The number of nitrogens with zero attached hydrogens (tertiary/aromatic N) is 2. The minimum absolute atomic E-state index is 0.633. The maximum Gasteiger partial charge on any atom is 0.141 e. The number of allylic oxidation sites excluding steroid dienone is 3. The van der Waals surface area contributed by atoms with Crippen molar-refractivity contribution < 1.29 is 9.47 Å². The summed E-state index contributed by atoms with van der Waals surface area (Å²) in [4.78, 5) is 7.09. The monoisotopic (exact) mass is 365 g/mol. The predicted molar refractivity (Wildman–Crippen MR) is 111 cm³/mol. The molecular weight excluding hydrogens is 338 g/mol. The van der Waals surface area contributed by atoms with Crippen molar-refractivity contribution in [3.8, 4) is 5.75 Å². The highest BCUT2D eigenvalue weighted by molar-refractivity contribution is 5.95. The minimum atomic E-state index is 0.633. The van der Waals surface area contributed by atoms with Gasteiger partial charge in [-0.25, -0.2) is 0 Å². The second kappa shape index (κ2) is 8.73. The third-order valence-electron chi connectivity index (χ3n) is 4.69. The Bertz CT molecular complexity index is 881. The van der Waals surface area contributed by atoms with Crippen LogP contribution in [0.2, 0.25) is 0 Å². The molecule has 0 spiro atoms. The number of hydrogen-bond acceptors (Lipinski definition) is 5. The molecule has 1 aliphatic heterocycles. The van der Waals surface area contributed by atoms with E-state index < -0.39 is 0 Å². The molecule has 1 N–H and O–H groups in total. The van der Waals surface area contributed by atoms with Crippen molar-refractivity contribution in [2.24, 2.45) is 0 Å². The lowest BCUT2D eigenvalue weighted by molar-refractivity contribution is 0.302. The van der Waals surface area contributed by atoms with Gasteiger partial charge in [0.15, 0.2) is 0 Å².